The number of halogens is 1. The molecule has 0 unspecified atom stereocenters. The van der Waals surface area contributed by atoms with Crippen LogP contribution in [0, 0.1) is 5.82 Å². The minimum absolute atomic E-state index is 0.212. The molecule has 0 amide bonds. The molecule has 1 aromatic heterocycles. The van der Waals surface area contributed by atoms with E-state index in [9.17, 15) is 4.39 Å². The Kier molecular flexibility index (Phi) is 3.82. The quantitative estimate of drug-likeness (QED) is 0.620. The number of H-pyrrole nitrogens is 1. The number of thioether (sulfide) groups is 1. The van der Waals surface area contributed by atoms with Crippen LogP contribution in [0.15, 0.2) is 41.8 Å². The average Bonchev–Trinajstić information content (AvgIpc) is 2.80. The summed E-state index contributed by atoms with van der Waals surface area (Å²) in [4.78, 5) is 7.12. The molecule has 0 aliphatic carbocycles. The van der Waals surface area contributed by atoms with E-state index in [4.69, 9.17) is 0 Å². The third kappa shape index (κ3) is 3.27. The second-order valence-electron chi connectivity index (χ2n) is 3.18. The Morgan fingerprint density at radius 1 is 1.31 bits per heavy atom. The number of aromatic nitrogens is 2. The Labute approximate surface area is 97.5 Å². The summed E-state index contributed by atoms with van der Waals surface area (Å²) in [6.07, 6.45) is 3.53. The van der Waals surface area contributed by atoms with Gasteiger partial charge in [-0.25, -0.2) is 9.37 Å². The molecule has 0 spiro atoms. The fourth-order valence-electron chi connectivity index (χ4n) is 1.24. The predicted molar refractivity (Wildman–Crippen MR) is 64.2 cm³/mol. The van der Waals surface area contributed by atoms with Gasteiger partial charge in [0.05, 0.1) is 0 Å². The molecule has 0 bridgehead atoms. The van der Waals surface area contributed by atoms with E-state index in [2.05, 4.69) is 15.3 Å². The van der Waals surface area contributed by atoms with Crippen molar-refractivity contribution >= 4 is 17.4 Å². The third-order valence-corrected chi connectivity index (χ3v) is 2.89. The normalized spacial score (nSPS) is 10.3. The van der Waals surface area contributed by atoms with Gasteiger partial charge in [0.1, 0.15) is 5.82 Å². The summed E-state index contributed by atoms with van der Waals surface area (Å²) < 4.78 is 12.6. The van der Waals surface area contributed by atoms with E-state index in [1.807, 2.05) is 0 Å². The predicted octanol–water partition coefficient (Wildman–Crippen LogP) is 2.75. The number of rotatable bonds is 5. The van der Waals surface area contributed by atoms with E-state index in [1.165, 1.54) is 12.1 Å². The molecule has 0 radical (unpaired) electrons. The van der Waals surface area contributed by atoms with Crippen LogP contribution in [-0.4, -0.2) is 22.3 Å². The van der Waals surface area contributed by atoms with Crippen molar-refractivity contribution in [2.24, 2.45) is 0 Å². The molecule has 2 aromatic rings. The van der Waals surface area contributed by atoms with Crippen LogP contribution in [0.2, 0.25) is 0 Å². The molecule has 2 N–H and O–H groups in total. The summed E-state index contributed by atoms with van der Waals surface area (Å²) in [6.45, 7) is 0.816. The first-order valence-electron chi connectivity index (χ1n) is 4.96. The Morgan fingerprint density at radius 3 is 2.81 bits per heavy atom. The zero-order valence-corrected chi connectivity index (χ0v) is 9.43. The van der Waals surface area contributed by atoms with Gasteiger partial charge in [-0.05, 0) is 24.3 Å². The fourth-order valence-corrected chi connectivity index (χ4v) is 1.92. The van der Waals surface area contributed by atoms with Crippen molar-refractivity contribution in [3.05, 3.63) is 42.5 Å². The molecule has 1 heterocycles. The van der Waals surface area contributed by atoms with E-state index >= 15 is 0 Å². The highest BCUT2D eigenvalue weighted by Crippen LogP contribution is 2.12. The molecular weight excluding hydrogens is 225 g/mol. The fraction of sp³-hybridized carbons (Fsp3) is 0.182. The molecule has 0 saturated carbocycles. The summed E-state index contributed by atoms with van der Waals surface area (Å²) in [7, 11) is 0. The van der Waals surface area contributed by atoms with Crippen molar-refractivity contribution < 1.29 is 4.39 Å². The van der Waals surface area contributed by atoms with Gasteiger partial charge in [-0.15, -0.1) is 0 Å². The lowest BCUT2D eigenvalue weighted by Crippen LogP contribution is -2.03. The Balaban J connectivity index is 1.70. The zero-order valence-electron chi connectivity index (χ0n) is 8.61. The highest BCUT2D eigenvalue weighted by molar-refractivity contribution is 7.99. The van der Waals surface area contributed by atoms with Crippen LogP contribution in [0.5, 0.6) is 0 Å². The van der Waals surface area contributed by atoms with Gasteiger partial charge in [-0.1, -0.05) is 11.8 Å². The largest absolute Gasteiger partial charge is 0.384 e. The van der Waals surface area contributed by atoms with E-state index < -0.39 is 0 Å². The van der Waals surface area contributed by atoms with Crippen molar-refractivity contribution in [3.8, 4) is 0 Å². The van der Waals surface area contributed by atoms with Crippen molar-refractivity contribution in [1.82, 2.24) is 9.97 Å². The maximum absolute atomic E-state index is 12.6. The minimum atomic E-state index is -0.212. The number of anilines is 1. The number of hydrogen-bond donors (Lipinski definition) is 2. The van der Waals surface area contributed by atoms with Crippen molar-refractivity contribution in [1.29, 1.82) is 0 Å². The minimum Gasteiger partial charge on any atom is -0.384 e. The monoisotopic (exact) mass is 237 g/mol. The Morgan fingerprint density at radius 2 is 2.12 bits per heavy atom. The van der Waals surface area contributed by atoms with Crippen LogP contribution in [-0.2, 0) is 0 Å². The molecular formula is C11H12FN3S. The average molecular weight is 237 g/mol. The number of nitrogens with one attached hydrogen (secondary N) is 2. The van der Waals surface area contributed by atoms with Crippen LogP contribution in [0.25, 0.3) is 0 Å². The number of imidazole rings is 1. The van der Waals surface area contributed by atoms with Crippen molar-refractivity contribution in [3.63, 3.8) is 0 Å². The summed E-state index contributed by atoms with van der Waals surface area (Å²) >= 11 is 1.65. The Hall–Kier alpha value is -1.49. The van der Waals surface area contributed by atoms with Crippen LogP contribution in [0.4, 0.5) is 10.1 Å². The molecule has 0 atom stereocenters. The van der Waals surface area contributed by atoms with Gasteiger partial charge in [0.25, 0.3) is 0 Å². The molecule has 16 heavy (non-hydrogen) atoms. The first-order valence-corrected chi connectivity index (χ1v) is 5.95. The zero-order chi connectivity index (χ0) is 11.2. The van der Waals surface area contributed by atoms with Gasteiger partial charge in [-0.2, -0.15) is 0 Å². The first kappa shape index (κ1) is 11.0. The van der Waals surface area contributed by atoms with E-state index in [-0.39, 0.29) is 5.82 Å². The number of hydrogen-bond acceptors (Lipinski definition) is 3. The van der Waals surface area contributed by atoms with Crippen LogP contribution in [0.3, 0.4) is 0 Å². The molecule has 0 fully saturated rings. The van der Waals surface area contributed by atoms with Gasteiger partial charge in [-0.3, -0.25) is 0 Å². The molecule has 84 valence electrons. The molecule has 5 heteroatoms. The van der Waals surface area contributed by atoms with E-state index in [1.54, 1.807) is 36.3 Å². The van der Waals surface area contributed by atoms with Crippen LogP contribution in [0.1, 0.15) is 0 Å². The maximum Gasteiger partial charge on any atom is 0.165 e. The standard InChI is InChI=1S/C11H12FN3S/c12-9-1-3-10(4-2-9)13-7-8-16-11-14-5-6-15-11/h1-6,13H,7-8H2,(H,14,15). The SMILES string of the molecule is Fc1ccc(NCCSc2ncc[nH]2)cc1. The van der Waals surface area contributed by atoms with Crippen molar-refractivity contribution in [2.75, 3.05) is 17.6 Å². The second kappa shape index (κ2) is 5.55. The molecule has 0 saturated heterocycles. The number of aromatic amines is 1. The second-order valence-corrected chi connectivity index (χ2v) is 4.26. The highest BCUT2D eigenvalue weighted by Gasteiger charge is 1.96. The molecule has 3 nitrogen and oxygen atoms in total. The van der Waals surface area contributed by atoms with Crippen LogP contribution >= 0.6 is 11.8 Å². The topological polar surface area (TPSA) is 40.7 Å². The van der Waals surface area contributed by atoms with Gasteiger partial charge >= 0.3 is 0 Å². The third-order valence-electron chi connectivity index (χ3n) is 1.99. The highest BCUT2D eigenvalue weighted by atomic mass is 32.2. The lowest BCUT2D eigenvalue weighted by molar-refractivity contribution is 0.628. The molecule has 1 aromatic carbocycles. The lowest BCUT2D eigenvalue weighted by atomic mass is 10.3. The van der Waals surface area contributed by atoms with E-state index in [0.29, 0.717) is 0 Å². The number of nitrogens with zero attached hydrogens (tertiary/aromatic N) is 1. The summed E-state index contributed by atoms with van der Waals surface area (Å²) in [6, 6.07) is 6.35. The summed E-state index contributed by atoms with van der Waals surface area (Å²) in [5.41, 5.74) is 0.932. The lowest BCUT2D eigenvalue weighted by Gasteiger charge is -2.04. The van der Waals surface area contributed by atoms with Gasteiger partial charge in [0, 0.05) is 30.4 Å². The van der Waals surface area contributed by atoms with Gasteiger partial charge in [0.2, 0.25) is 0 Å². The first-order chi connectivity index (χ1) is 7.84. The maximum atomic E-state index is 12.6. The summed E-state index contributed by atoms with van der Waals surface area (Å²) in [5.74, 6) is 0.695. The molecule has 0 aliphatic rings. The molecule has 0 aliphatic heterocycles. The van der Waals surface area contributed by atoms with Crippen molar-refractivity contribution in [2.45, 2.75) is 5.16 Å². The Bertz CT molecular complexity index is 413. The van der Waals surface area contributed by atoms with Crippen LogP contribution < -0.4 is 5.32 Å². The van der Waals surface area contributed by atoms with Gasteiger partial charge < -0.3 is 10.3 Å². The van der Waals surface area contributed by atoms with Gasteiger partial charge in [0.15, 0.2) is 5.16 Å². The number of benzene rings is 1. The smallest absolute Gasteiger partial charge is 0.165 e. The molecule has 2 rings (SSSR count). The summed E-state index contributed by atoms with van der Waals surface area (Å²) in [5, 5.41) is 4.12. The van der Waals surface area contributed by atoms with E-state index in [0.717, 1.165) is 23.1 Å².